The summed E-state index contributed by atoms with van der Waals surface area (Å²) in [7, 11) is 1.67. The van der Waals surface area contributed by atoms with Gasteiger partial charge in [-0.2, -0.15) is 4.90 Å². The number of benzene rings is 2. The van der Waals surface area contributed by atoms with E-state index in [1.165, 1.54) is 24.2 Å². The predicted molar refractivity (Wildman–Crippen MR) is 110 cm³/mol. The largest absolute Gasteiger partial charge is 0.497 e. The number of hydrogen-bond donors (Lipinski definition) is 1. The minimum absolute atomic E-state index is 0. The Morgan fingerprint density at radius 2 is 1.73 bits per heavy atom. The van der Waals surface area contributed by atoms with Crippen LogP contribution in [0.5, 0.6) is 5.75 Å². The van der Waals surface area contributed by atoms with Crippen LogP contribution in [-0.2, 0) is 5.72 Å². The molecule has 2 aliphatic heterocycles. The molecule has 0 amide bonds. The van der Waals surface area contributed by atoms with E-state index in [1.807, 2.05) is 36.4 Å². The normalized spacial score (nSPS) is 22.0. The highest BCUT2D eigenvalue weighted by Crippen LogP contribution is 2.38. The summed E-state index contributed by atoms with van der Waals surface area (Å²) in [5.74, 6) is 2.05. The van der Waals surface area contributed by atoms with Crippen molar-refractivity contribution in [3.63, 3.8) is 0 Å². The Bertz CT molecular complexity index is 802. The Labute approximate surface area is 165 Å². The average Bonchev–Trinajstić information content (AvgIpc) is 2.95. The first-order valence-corrected chi connectivity index (χ1v) is 8.96. The molecule has 5 heteroatoms. The molecule has 0 spiro atoms. The lowest BCUT2D eigenvalue weighted by Crippen LogP contribution is -2.47. The second-order valence-electron chi connectivity index (χ2n) is 7.01. The van der Waals surface area contributed by atoms with Crippen LogP contribution in [0.3, 0.4) is 0 Å². The molecule has 1 unspecified atom stereocenters. The fourth-order valence-electron chi connectivity index (χ4n) is 3.98. The van der Waals surface area contributed by atoms with Gasteiger partial charge < -0.3 is 9.84 Å². The molecule has 2 aromatic rings. The molecule has 2 aromatic carbocycles. The van der Waals surface area contributed by atoms with Gasteiger partial charge in [0.1, 0.15) is 11.4 Å². The Morgan fingerprint density at radius 3 is 2.38 bits per heavy atom. The van der Waals surface area contributed by atoms with E-state index in [2.05, 4.69) is 28.5 Å². The lowest BCUT2D eigenvalue weighted by molar-refractivity contribution is -0.538. The molecule has 2 heterocycles. The number of ether oxygens (including phenoxy) is 1. The minimum Gasteiger partial charge on any atom is -0.497 e. The first-order valence-electron chi connectivity index (χ1n) is 8.96. The fourth-order valence-corrected chi connectivity index (χ4v) is 3.98. The number of nitrogens with zero attached hydrogens (tertiary/aromatic N) is 2. The first-order chi connectivity index (χ1) is 12.1. The number of halogens is 1. The van der Waals surface area contributed by atoms with Gasteiger partial charge in [-0.1, -0.05) is 29.8 Å². The van der Waals surface area contributed by atoms with Crippen LogP contribution in [0.1, 0.15) is 30.4 Å². The van der Waals surface area contributed by atoms with Gasteiger partial charge in [0.25, 0.3) is 11.6 Å². The van der Waals surface area contributed by atoms with Crippen LogP contribution in [0.2, 0.25) is 0 Å². The molecule has 0 fully saturated rings. The number of amidine groups is 1. The summed E-state index contributed by atoms with van der Waals surface area (Å²) in [5.41, 5.74) is 2.10. The van der Waals surface area contributed by atoms with Crippen molar-refractivity contribution in [1.29, 1.82) is 0 Å². The Hall–Kier alpha value is -1.85. The monoisotopic (exact) mass is 417 g/mol. The molecule has 138 valence electrons. The molecule has 4 nitrogen and oxygen atoms in total. The Morgan fingerprint density at radius 1 is 1.04 bits per heavy atom. The smallest absolute Gasteiger partial charge is 0.275 e. The third kappa shape index (κ3) is 3.14. The minimum atomic E-state index is -1.04. The number of methoxy groups -OCH3 is 1. The van der Waals surface area contributed by atoms with Crippen molar-refractivity contribution in [2.75, 3.05) is 25.1 Å². The maximum atomic E-state index is 11.8. The Balaban J connectivity index is 0.00000196. The van der Waals surface area contributed by atoms with Gasteiger partial charge in [-0.15, -0.1) is 17.0 Å². The number of aryl methyl sites for hydroxylation is 1. The van der Waals surface area contributed by atoms with E-state index < -0.39 is 5.72 Å². The van der Waals surface area contributed by atoms with E-state index >= 15 is 0 Å². The molecular formula is C21H26BrN2O2+. The number of anilines is 1. The zero-order valence-corrected chi connectivity index (χ0v) is 17.0. The lowest BCUT2D eigenvalue weighted by Gasteiger charge is -2.29. The standard InChI is InChI=1S/C21H25N2O2.BrH/c1-16-6-8-17(9-7-16)21(24)15-22-14-4-3-5-20(22)23(21)18-10-12-19(25-2)13-11-18;/h6-13,24H,3-5,14-15H2,1-2H3;1H/q+1;. The average molecular weight is 418 g/mol. The van der Waals surface area contributed by atoms with Crippen LogP contribution in [0, 0.1) is 6.92 Å². The van der Waals surface area contributed by atoms with Crippen LogP contribution in [-0.4, -0.2) is 35.7 Å². The molecule has 0 bridgehead atoms. The molecule has 26 heavy (non-hydrogen) atoms. The number of hydrogen-bond acceptors (Lipinski definition) is 3. The van der Waals surface area contributed by atoms with Crippen LogP contribution < -0.4 is 9.64 Å². The predicted octanol–water partition coefficient (Wildman–Crippen LogP) is 3.84. The van der Waals surface area contributed by atoms with Crippen LogP contribution >= 0.6 is 17.0 Å². The van der Waals surface area contributed by atoms with Crippen LogP contribution in [0.25, 0.3) is 0 Å². The van der Waals surface area contributed by atoms with Gasteiger partial charge in [0.15, 0.2) is 6.54 Å². The van der Waals surface area contributed by atoms with Crippen molar-refractivity contribution in [2.45, 2.75) is 31.9 Å². The Kier molecular flexibility index (Phi) is 5.39. The zero-order valence-electron chi connectivity index (χ0n) is 15.3. The molecule has 0 aromatic heterocycles. The van der Waals surface area contributed by atoms with Crippen molar-refractivity contribution >= 4 is 28.5 Å². The van der Waals surface area contributed by atoms with Gasteiger partial charge in [0.2, 0.25) is 0 Å². The molecule has 2 aliphatic rings. The summed E-state index contributed by atoms with van der Waals surface area (Å²) in [6.45, 7) is 3.69. The van der Waals surface area contributed by atoms with Gasteiger partial charge in [-0.3, -0.25) is 4.58 Å². The van der Waals surface area contributed by atoms with Crippen LogP contribution in [0.15, 0.2) is 48.5 Å². The molecule has 0 radical (unpaired) electrons. The highest BCUT2D eigenvalue weighted by atomic mass is 79.9. The molecular weight excluding hydrogens is 392 g/mol. The fraction of sp³-hybridized carbons (Fsp3) is 0.381. The van der Waals surface area contributed by atoms with Crippen molar-refractivity contribution in [1.82, 2.24) is 0 Å². The van der Waals surface area contributed by atoms with Crippen molar-refractivity contribution in [3.05, 3.63) is 59.7 Å². The van der Waals surface area contributed by atoms with Gasteiger partial charge in [-0.25, -0.2) is 0 Å². The van der Waals surface area contributed by atoms with Crippen molar-refractivity contribution in [3.8, 4) is 5.75 Å². The van der Waals surface area contributed by atoms with E-state index in [4.69, 9.17) is 4.74 Å². The number of aliphatic hydroxyl groups is 1. The van der Waals surface area contributed by atoms with Crippen molar-refractivity contribution in [2.24, 2.45) is 0 Å². The molecule has 4 rings (SSSR count). The van der Waals surface area contributed by atoms with E-state index in [0.717, 1.165) is 30.0 Å². The summed E-state index contributed by atoms with van der Waals surface area (Å²) < 4.78 is 7.63. The quantitative estimate of drug-likeness (QED) is 0.770. The van der Waals surface area contributed by atoms with E-state index in [0.29, 0.717) is 6.54 Å². The SMILES string of the molecule is Br.COc1ccc(N2C3=[N+](CCCC3)CC2(O)c2ccc(C)cc2)cc1. The van der Waals surface area contributed by atoms with E-state index in [1.54, 1.807) is 7.11 Å². The second kappa shape index (κ2) is 7.41. The summed E-state index contributed by atoms with van der Waals surface area (Å²) in [6, 6.07) is 16.2. The van der Waals surface area contributed by atoms with Gasteiger partial charge in [0, 0.05) is 12.0 Å². The molecule has 0 saturated carbocycles. The first kappa shape index (κ1) is 18.9. The maximum Gasteiger partial charge on any atom is 0.275 e. The summed E-state index contributed by atoms with van der Waals surface area (Å²) >= 11 is 0. The topological polar surface area (TPSA) is 35.7 Å². The number of rotatable bonds is 3. The summed E-state index contributed by atoms with van der Waals surface area (Å²) in [6.07, 6.45) is 3.35. The van der Waals surface area contributed by atoms with Gasteiger partial charge in [0.05, 0.1) is 13.7 Å². The second-order valence-corrected chi connectivity index (χ2v) is 7.01. The summed E-state index contributed by atoms with van der Waals surface area (Å²) in [4.78, 5) is 2.12. The van der Waals surface area contributed by atoms with Crippen LogP contribution in [0.4, 0.5) is 5.69 Å². The maximum absolute atomic E-state index is 11.8. The van der Waals surface area contributed by atoms with Crippen molar-refractivity contribution < 1.29 is 14.4 Å². The molecule has 0 saturated heterocycles. The summed E-state index contributed by atoms with van der Waals surface area (Å²) in [5, 5.41) is 11.8. The molecule has 1 atom stereocenters. The molecule has 1 N–H and O–H groups in total. The van der Waals surface area contributed by atoms with E-state index in [-0.39, 0.29) is 17.0 Å². The lowest BCUT2D eigenvalue weighted by atomic mass is 9.99. The highest BCUT2D eigenvalue weighted by Gasteiger charge is 2.54. The van der Waals surface area contributed by atoms with Gasteiger partial charge in [-0.05, 0) is 44.0 Å². The zero-order chi connectivity index (χ0) is 17.4. The third-order valence-electron chi connectivity index (χ3n) is 5.33. The third-order valence-corrected chi connectivity index (χ3v) is 5.33. The highest BCUT2D eigenvalue weighted by molar-refractivity contribution is 8.93. The van der Waals surface area contributed by atoms with E-state index in [9.17, 15) is 5.11 Å². The van der Waals surface area contributed by atoms with Gasteiger partial charge >= 0.3 is 0 Å². The molecule has 0 aliphatic carbocycles.